The lowest BCUT2D eigenvalue weighted by Gasteiger charge is -2.36. The highest BCUT2D eigenvalue weighted by Gasteiger charge is 2.51. The smallest absolute Gasteiger partial charge is 0.405 e. The van der Waals surface area contributed by atoms with Gasteiger partial charge in [0.15, 0.2) is 0 Å². The zero-order valence-electron chi connectivity index (χ0n) is 20.0. The summed E-state index contributed by atoms with van der Waals surface area (Å²) < 4.78 is 26.5. The first-order chi connectivity index (χ1) is 15.2. The molecule has 0 aromatic carbocycles. The lowest BCUT2D eigenvalue weighted by molar-refractivity contribution is -0.142. The largest absolute Gasteiger partial charge is 0.465 e. The summed E-state index contributed by atoms with van der Waals surface area (Å²) in [7, 11) is 0. The third-order valence-electron chi connectivity index (χ3n) is 6.78. The van der Waals surface area contributed by atoms with Crippen LogP contribution in [-0.2, 0) is 14.4 Å². The summed E-state index contributed by atoms with van der Waals surface area (Å²) in [5, 5.41) is 14.1. The molecule has 33 heavy (non-hydrogen) atoms. The van der Waals surface area contributed by atoms with Gasteiger partial charge in [-0.05, 0) is 43.4 Å². The van der Waals surface area contributed by atoms with Crippen molar-refractivity contribution < 1.29 is 33.1 Å². The van der Waals surface area contributed by atoms with E-state index in [0.29, 0.717) is 19.3 Å². The third kappa shape index (κ3) is 7.37. The Morgan fingerprint density at radius 1 is 1.12 bits per heavy atom. The molecule has 0 aromatic rings. The number of hydrogen-bond acceptors (Lipinski definition) is 4. The lowest BCUT2D eigenvalue weighted by atomic mass is 9.72. The Balaban J connectivity index is 2.27. The first-order valence-electron chi connectivity index (χ1n) is 11.6. The highest BCUT2D eigenvalue weighted by molar-refractivity contribution is 5.93. The molecule has 1 aliphatic carbocycles. The maximum absolute atomic E-state index is 13.5. The van der Waals surface area contributed by atoms with Gasteiger partial charge in [0.25, 0.3) is 0 Å². The molecule has 1 aliphatic heterocycles. The summed E-state index contributed by atoms with van der Waals surface area (Å²) in [5.74, 6) is -4.02. The molecular formula is C23H37F2N3O5. The fourth-order valence-corrected chi connectivity index (χ4v) is 4.99. The van der Waals surface area contributed by atoms with E-state index in [9.17, 15) is 33.1 Å². The van der Waals surface area contributed by atoms with Gasteiger partial charge in [-0.25, -0.2) is 13.6 Å². The molecule has 8 nitrogen and oxygen atoms in total. The highest BCUT2D eigenvalue weighted by atomic mass is 19.3. The minimum atomic E-state index is -2.96. The molecule has 2 unspecified atom stereocenters. The van der Waals surface area contributed by atoms with Crippen molar-refractivity contribution in [2.45, 2.75) is 103 Å². The van der Waals surface area contributed by atoms with E-state index in [-0.39, 0.29) is 11.8 Å². The number of nitrogens with zero attached hydrogens (tertiary/aromatic N) is 1. The second-order valence-electron chi connectivity index (χ2n) is 10.9. The molecular weight excluding hydrogens is 436 g/mol. The average molecular weight is 474 g/mol. The van der Waals surface area contributed by atoms with Crippen molar-refractivity contribution in [3.63, 3.8) is 0 Å². The molecule has 1 saturated carbocycles. The van der Waals surface area contributed by atoms with Gasteiger partial charge in [0.2, 0.25) is 17.7 Å². The Morgan fingerprint density at radius 3 is 2.21 bits per heavy atom. The number of rotatable bonds is 8. The van der Waals surface area contributed by atoms with Crippen LogP contribution in [0.1, 0.15) is 79.1 Å². The van der Waals surface area contributed by atoms with Crippen LogP contribution in [0.2, 0.25) is 0 Å². The van der Waals surface area contributed by atoms with E-state index in [1.807, 2.05) is 0 Å². The summed E-state index contributed by atoms with van der Waals surface area (Å²) in [5.41, 5.74) is -0.981. The second-order valence-corrected chi connectivity index (χ2v) is 10.9. The number of likely N-dealkylation sites (tertiary alicyclic amines) is 1. The quantitative estimate of drug-likeness (QED) is 0.468. The van der Waals surface area contributed by atoms with Gasteiger partial charge in [0.1, 0.15) is 18.4 Å². The number of alkyl halides is 2. The van der Waals surface area contributed by atoms with Gasteiger partial charge in [-0.15, -0.1) is 0 Å². The van der Waals surface area contributed by atoms with Crippen LogP contribution in [0.5, 0.6) is 0 Å². The van der Waals surface area contributed by atoms with Gasteiger partial charge >= 0.3 is 6.09 Å². The SMILES string of the molecule is CC(F)(F)CCC(C=O)NC(=O)[C@@H]1CC2(CCCCC2)CN1C(=O)C(NC(=O)O)C(C)(C)C. The molecule has 3 N–H and O–H groups in total. The minimum absolute atomic E-state index is 0.213. The van der Waals surface area contributed by atoms with Gasteiger partial charge in [0, 0.05) is 13.0 Å². The van der Waals surface area contributed by atoms with Gasteiger partial charge in [-0.1, -0.05) is 40.0 Å². The second kappa shape index (κ2) is 10.3. The van der Waals surface area contributed by atoms with Crippen molar-refractivity contribution in [3.8, 4) is 0 Å². The van der Waals surface area contributed by atoms with E-state index in [4.69, 9.17) is 0 Å². The van der Waals surface area contributed by atoms with Crippen molar-refractivity contribution in [1.82, 2.24) is 15.5 Å². The van der Waals surface area contributed by atoms with Crippen LogP contribution in [0.15, 0.2) is 0 Å². The summed E-state index contributed by atoms with van der Waals surface area (Å²) in [4.78, 5) is 50.9. The van der Waals surface area contributed by atoms with Crippen LogP contribution in [0, 0.1) is 10.8 Å². The Bertz CT molecular complexity index is 741. The predicted octanol–water partition coefficient (Wildman–Crippen LogP) is 3.34. The average Bonchev–Trinajstić information content (AvgIpc) is 3.06. The Kier molecular flexibility index (Phi) is 8.46. The van der Waals surface area contributed by atoms with Crippen LogP contribution in [0.4, 0.5) is 13.6 Å². The molecule has 1 heterocycles. The van der Waals surface area contributed by atoms with Crippen molar-refractivity contribution in [2.75, 3.05) is 6.54 Å². The number of carboxylic acid groups (broad SMARTS) is 1. The maximum atomic E-state index is 13.5. The summed E-state index contributed by atoms with van der Waals surface area (Å²) in [6, 6.07) is -3.04. The molecule has 3 atom stereocenters. The number of amides is 3. The zero-order chi connectivity index (χ0) is 25.0. The van der Waals surface area contributed by atoms with Crippen LogP contribution in [-0.4, -0.2) is 64.8 Å². The van der Waals surface area contributed by atoms with E-state index in [1.165, 1.54) is 4.90 Å². The van der Waals surface area contributed by atoms with Gasteiger partial charge in [0.05, 0.1) is 6.04 Å². The Hall–Kier alpha value is -2.26. The monoisotopic (exact) mass is 473 g/mol. The van der Waals surface area contributed by atoms with Crippen LogP contribution in [0.25, 0.3) is 0 Å². The third-order valence-corrected chi connectivity index (χ3v) is 6.78. The summed E-state index contributed by atoms with van der Waals surface area (Å²) in [6.45, 7) is 6.29. The molecule has 0 radical (unpaired) electrons. The molecule has 3 amide bonds. The normalized spacial score (nSPS) is 22.5. The number of carbonyl (C=O) groups is 4. The summed E-state index contributed by atoms with van der Waals surface area (Å²) >= 11 is 0. The molecule has 0 aromatic heterocycles. The van der Waals surface area contributed by atoms with Crippen LogP contribution < -0.4 is 10.6 Å². The maximum Gasteiger partial charge on any atom is 0.405 e. The van der Waals surface area contributed by atoms with E-state index < -0.39 is 53.8 Å². The topological polar surface area (TPSA) is 116 Å². The molecule has 10 heteroatoms. The Labute approximate surface area is 193 Å². The van der Waals surface area contributed by atoms with Gasteiger partial charge in [-0.2, -0.15) is 0 Å². The number of aldehydes is 1. The lowest BCUT2D eigenvalue weighted by Crippen LogP contribution is -2.58. The number of nitrogens with one attached hydrogen (secondary N) is 2. The van der Waals surface area contributed by atoms with Crippen LogP contribution in [0.3, 0.4) is 0 Å². The molecule has 2 rings (SSSR count). The predicted molar refractivity (Wildman–Crippen MR) is 118 cm³/mol. The number of hydrogen-bond donors (Lipinski definition) is 3. The van der Waals surface area contributed by atoms with E-state index >= 15 is 0 Å². The summed E-state index contributed by atoms with van der Waals surface area (Å²) in [6.07, 6.45) is 3.49. The van der Waals surface area contributed by atoms with Crippen molar-refractivity contribution in [1.29, 1.82) is 0 Å². The molecule has 2 fully saturated rings. The first-order valence-corrected chi connectivity index (χ1v) is 11.6. The highest BCUT2D eigenvalue weighted by Crippen LogP contribution is 2.47. The molecule has 1 spiro atoms. The van der Waals surface area contributed by atoms with E-state index in [2.05, 4.69) is 10.6 Å². The van der Waals surface area contributed by atoms with Crippen molar-refractivity contribution in [3.05, 3.63) is 0 Å². The molecule has 1 saturated heterocycles. The number of carbonyl (C=O) groups excluding carboxylic acids is 3. The fraction of sp³-hybridized carbons (Fsp3) is 0.826. The Morgan fingerprint density at radius 2 is 1.73 bits per heavy atom. The molecule has 188 valence electrons. The number of halogens is 2. The fourth-order valence-electron chi connectivity index (χ4n) is 4.99. The molecule has 0 bridgehead atoms. The van der Waals surface area contributed by atoms with E-state index in [1.54, 1.807) is 20.8 Å². The van der Waals surface area contributed by atoms with E-state index in [0.717, 1.165) is 39.0 Å². The minimum Gasteiger partial charge on any atom is -0.465 e. The zero-order valence-corrected chi connectivity index (χ0v) is 20.0. The van der Waals surface area contributed by atoms with Crippen LogP contribution >= 0.6 is 0 Å². The first kappa shape index (κ1) is 27.0. The van der Waals surface area contributed by atoms with Crippen molar-refractivity contribution in [2.24, 2.45) is 10.8 Å². The standard InChI is InChI=1S/C23H37F2N3O5/c1-21(2,3)17(27-20(32)33)19(31)28-14-23(9-6-5-7-10-23)12-16(28)18(30)26-15(13-29)8-11-22(4,24)25/h13,15-17,27H,5-12,14H2,1-4H3,(H,26,30)(H,32,33)/t15?,16-,17?/m0/s1. The molecule has 2 aliphatic rings. The van der Waals surface area contributed by atoms with Gasteiger partial charge < -0.3 is 25.4 Å². The van der Waals surface area contributed by atoms with Gasteiger partial charge in [-0.3, -0.25) is 9.59 Å². The van der Waals surface area contributed by atoms with Crippen molar-refractivity contribution >= 4 is 24.2 Å².